The molecule has 0 aromatic heterocycles. The number of amides is 5. The Bertz CT molecular complexity index is 1680. The first-order chi connectivity index (χ1) is 28.4. The molecular formula is C46H73N7O7. The zero-order valence-corrected chi connectivity index (χ0v) is 38.1. The average molecular weight is 836 g/mol. The van der Waals surface area contributed by atoms with Gasteiger partial charge in [-0.15, -0.1) is 0 Å². The Hall–Kier alpha value is -4.53. The average Bonchev–Trinajstić information content (AvgIpc) is 3.69. The van der Waals surface area contributed by atoms with Gasteiger partial charge < -0.3 is 41.0 Å². The third-order valence-corrected chi connectivity index (χ3v) is 12.0. The Balaban J connectivity index is 1.81. The van der Waals surface area contributed by atoms with Crippen molar-refractivity contribution in [3.8, 4) is 0 Å². The minimum Gasteiger partial charge on any atom is -0.399 e. The molecule has 0 bridgehead atoms. The number of nitrogens with two attached hydrogens (primary N) is 1. The Labute approximate surface area is 358 Å². The molecule has 2 aromatic rings. The first-order valence-corrected chi connectivity index (χ1v) is 21.5. The molecule has 1 saturated heterocycles. The number of likely N-dealkylation sites (N-methyl/N-ethyl adjacent to an activating group) is 2. The van der Waals surface area contributed by atoms with Crippen LogP contribution in [0.4, 0.5) is 11.4 Å². The normalized spacial score (nSPS) is 18.2. The van der Waals surface area contributed by atoms with Crippen molar-refractivity contribution in [2.24, 2.45) is 23.7 Å². The Morgan fingerprint density at radius 3 is 2.00 bits per heavy atom. The highest BCUT2D eigenvalue weighted by Gasteiger charge is 2.43. The predicted molar refractivity (Wildman–Crippen MR) is 237 cm³/mol. The summed E-state index contributed by atoms with van der Waals surface area (Å²) in [5.41, 5.74) is 7.83. The molecular weight excluding hydrogens is 763 g/mol. The maximum atomic E-state index is 14.4. The van der Waals surface area contributed by atoms with E-state index >= 15 is 0 Å². The first kappa shape index (κ1) is 49.8. The van der Waals surface area contributed by atoms with Crippen molar-refractivity contribution in [1.29, 1.82) is 0 Å². The molecule has 14 nitrogen and oxygen atoms in total. The van der Waals surface area contributed by atoms with Crippen LogP contribution in [-0.4, -0.2) is 129 Å². The number of nitrogen functional groups attached to an aromatic ring is 1. The maximum Gasteiger partial charge on any atom is 0.247 e. The first-order valence-electron chi connectivity index (χ1n) is 21.5. The lowest BCUT2D eigenvalue weighted by Gasteiger charge is -2.41. The van der Waals surface area contributed by atoms with E-state index in [1.807, 2.05) is 90.9 Å². The predicted octanol–water partition coefficient (Wildman–Crippen LogP) is 4.58. The molecule has 1 aliphatic rings. The standard InChI is InChI=1S/C46H73N7O7/c1-13-30(6)41(52(10)46(58)39(28(2)3)50-45(57)40(29(4)5)51(8)9)37(59-11)27-38(54)53-25-17-20-36(53)42(60-12)31(7)43(55)49-35(26-32-18-15-14-16-19-32)44(56)48-34-23-21-33(47)22-24-34/h14-16,18-19,21-24,28-31,35-37,39-42H,13,17,20,25-27,47H2,1-12H3,(H,48,56)(H,49,55)(H,50,57)/t30-,31+,35-,36-,37?,39-,40?,41-,42?/m0/s1. The van der Waals surface area contributed by atoms with E-state index in [1.54, 1.807) is 55.1 Å². The molecule has 9 atom stereocenters. The monoisotopic (exact) mass is 836 g/mol. The van der Waals surface area contributed by atoms with Gasteiger partial charge in [-0.2, -0.15) is 0 Å². The molecule has 5 amide bonds. The number of nitrogens with one attached hydrogen (secondary N) is 3. The van der Waals surface area contributed by atoms with E-state index in [9.17, 15) is 24.0 Å². The highest BCUT2D eigenvalue weighted by Crippen LogP contribution is 2.30. The van der Waals surface area contributed by atoms with Crippen molar-refractivity contribution < 1.29 is 33.4 Å². The third kappa shape index (κ3) is 13.2. The number of methoxy groups -OCH3 is 2. The summed E-state index contributed by atoms with van der Waals surface area (Å²) < 4.78 is 12.1. The van der Waals surface area contributed by atoms with Crippen molar-refractivity contribution in [2.75, 3.05) is 53.0 Å². The molecule has 0 spiro atoms. The van der Waals surface area contributed by atoms with Crippen LogP contribution in [0.2, 0.25) is 0 Å². The van der Waals surface area contributed by atoms with Crippen LogP contribution in [0.1, 0.15) is 79.7 Å². The lowest BCUT2D eigenvalue weighted by Crippen LogP contribution is -2.59. The lowest BCUT2D eigenvalue weighted by molar-refractivity contribution is -0.148. The van der Waals surface area contributed by atoms with Gasteiger partial charge in [0.2, 0.25) is 29.5 Å². The minimum absolute atomic E-state index is 0.00411. The Kier molecular flexibility index (Phi) is 19.5. The number of hydrogen-bond acceptors (Lipinski definition) is 9. The van der Waals surface area contributed by atoms with Gasteiger partial charge >= 0.3 is 0 Å². The summed E-state index contributed by atoms with van der Waals surface area (Å²) in [6.45, 7) is 14.1. The van der Waals surface area contributed by atoms with Crippen LogP contribution in [0.25, 0.3) is 0 Å². The minimum atomic E-state index is -0.897. The summed E-state index contributed by atoms with van der Waals surface area (Å²) in [4.78, 5) is 75.1. The molecule has 60 heavy (non-hydrogen) atoms. The number of benzene rings is 2. The summed E-state index contributed by atoms with van der Waals surface area (Å²) in [5.74, 6) is -2.31. The summed E-state index contributed by atoms with van der Waals surface area (Å²) in [5, 5.41) is 8.91. The van der Waals surface area contributed by atoms with Crippen LogP contribution in [0.3, 0.4) is 0 Å². The van der Waals surface area contributed by atoms with Crippen LogP contribution in [0.5, 0.6) is 0 Å². The van der Waals surface area contributed by atoms with E-state index in [2.05, 4.69) is 16.0 Å². The number of rotatable bonds is 22. The van der Waals surface area contributed by atoms with Crippen molar-refractivity contribution in [3.05, 3.63) is 60.2 Å². The van der Waals surface area contributed by atoms with Gasteiger partial charge in [-0.1, -0.05) is 85.2 Å². The second kappa shape index (κ2) is 23.5. The summed E-state index contributed by atoms with van der Waals surface area (Å²) in [6, 6.07) is 13.3. The second-order valence-electron chi connectivity index (χ2n) is 17.3. The Morgan fingerprint density at radius 2 is 1.47 bits per heavy atom. The van der Waals surface area contributed by atoms with E-state index in [1.165, 1.54) is 7.11 Å². The molecule has 14 heteroatoms. The summed E-state index contributed by atoms with van der Waals surface area (Å²) in [7, 11) is 8.52. The summed E-state index contributed by atoms with van der Waals surface area (Å²) >= 11 is 0. The number of anilines is 2. The SMILES string of the molecule is CC[C@H](C)[C@@H](C(CC(=O)N1CCC[C@H]1C(OC)[C@@H](C)C(=O)N[C@@H](Cc1ccccc1)C(=O)Nc1ccc(N)cc1)OC)N(C)C(=O)[C@@H](NC(=O)C(C(C)C)N(C)C)C(C)C. The van der Waals surface area contributed by atoms with Gasteiger partial charge in [0.05, 0.1) is 42.7 Å². The molecule has 3 rings (SSSR count). The highest BCUT2D eigenvalue weighted by atomic mass is 16.5. The van der Waals surface area contributed by atoms with E-state index in [0.717, 1.165) is 18.4 Å². The topological polar surface area (TPSA) is 176 Å². The van der Waals surface area contributed by atoms with E-state index in [0.29, 0.717) is 24.3 Å². The second-order valence-corrected chi connectivity index (χ2v) is 17.3. The van der Waals surface area contributed by atoms with Gasteiger partial charge in [-0.3, -0.25) is 28.9 Å². The van der Waals surface area contributed by atoms with Gasteiger partial charge in [-0.05, 0) is 74.5 Å². The molecule has 3 unspecified atom stereocenters. The van der Waals surface area contributed by atoms with E-state index in [4.69, 9.17) is 15.2 Å². The molecule has 0 saturated carbocycles. The van der Waals surface area contributed by atoms with Crippen LogP contribution < -0.4 is 21.7 Å². The number of likely N-dealkylation sites (tertiary alicyclic amines) is 1. The number of carbonyl (C=O) groups is 5. The van der Waals surface area contributed by atoms with Crippen molar-refractivity contribution in [2.45, 2.75) is 123 Å². The molecule has 1 aliphatic heterocycles. The van der Waals surface area contributed by atoms with Crippen molar-refractivity contribution >= 4 is 40.9 Å². The fraction of sp³-hybridized carbons (Fsp3) is 0.630. The van der Waals surface area contributed by atoms with Gasteiger partial charge in [-0.25, -0.2) is 0 Å². The van der Waals surface area contributed by atoms with Gasteiger partial charge in [0, 0.05) is 45.6 Å². The molecule has 0 radical (unpaired) electrons. The van der Waals surface area contributed by atoms with Crippen molar-refractivity contribution in [1.82, 2.24) is 25.3 Å². The van der Waals surface area contributed by atoms with E-state index in [-0.39, 0.29) is 60.1 Å². The molecule has 5 N–H and O–H groups in total. The fourth-order valence-corrected chi connectivity index (χ4v) is 8.57. The quantitative estimate of drug-likeness (QED) is 0.124. The third-order valence-electron chi connectivity index (χ3n) is 12.0. The van der Waals surface area contributed by atoms with Gasteiger partial charge in [0.25, 0.3) is 0 Å². The van der Waals surface area contributed by atoms with Crippen LogP contribution in [0.15, 0.2) is 54.6 Å². The van der Waals surface area contributed by atoms with Crippen LogP contribution in [0, 0.1) is 23.7 Å². The van der Waals surface area contributed by atoms with Crippen LogP contribution >= 0.6 is 0 Å². The number of hydrogen-bond donors (Lipinski definition) is 4. The van der Waals surface area contributed by atoms with Crippen molar-refractivity contribution in [3.63, 3.8) is 0 Å². The van der Waals surface area contributed by atoms with E-state index < -0.39 is 48.3 Å². The van der Waals surface area contributed by atoms with Gasteiger partial charge in [0.15, 0.2) is 0 Å². The highest BCUT2D eigenvalue weighted by molar-refractivity contribution is 5.98. The molecule has 1 fully saturated rings. The molecule has 0 aliphatic carbocycles. The zero-order valence-electron chi connectivity index (χ0n) is 38.1. The van der Waals surface area contributed by atoms with Crippen LogP contribution in [-0.2, 0) is 39.9 Å². The molecule has 2 aromatic carbocycles. The fourth-order valence-electron chi connectivity index (χ4n) is 8.57. The molecule has 1 heterocycles. The Morgan fingerprint density at radius 1 is 0.833 bits per heavy atom. The number of carbonyl (C=O) groups excluding carboxylic acids is 5. The van der Waals surface area contributed by atoms with Gasteiger partial charge in [0.1, 0.15) is 12.1 Å². The number of ether oxygens (including phenoxy) is 2. The summed E-state index contributed by atoms with van der Waals surface area (Å²) in [6.07, 6.45) is 0.994. The maximum absolute atomic E-state index is 14.4. The number of nitrogens with zero attached hydrogens (tertiary/aromatic N) is 3. The molecule has 334 valence electrons. The zero-order chi connectivity index (χ0) is 44.8. The smallest absolute Gasteiger partial charge is 0.247 e. The lowest BCUT2D eigenvalue weighted by atomic mass is 9.89. The largest absolute Gasteiger partial charge is 0.399 e.